The Bertz CT molecular complexity index is 898. The van der Waals surface area contributed by atoms with Crippen molar-refractivity contribution in [3.05, 3.63) is 60.0 Å². The van der Waals surface area contributed by atoms with E-state index < -0.39 is 0 Å². The first-order chi connectivity index (χ1) is 12.7. The van der Waals surface area contributed by atoms with E-state index in [0.717, 1.165) is 37.4 Å². The van der Waals surface area contributed by atoms with Crippen molar-refractivity contribution in [1.29, 1.82) is 0 Å². The molecule has 7 heteroatoms. The molecule has 1 aliphatic heterocycles. The van der Waals surface area contributed by atoms with E-state index in [1.54, 1.807) is 10.9 Å². The molecule has 0 aliphatic carbocycles. The molecule has 1 amide bonds. The Morgan fingerprint density at radius 1 is 1.26 bits per heavy atom. The summed E-state index contributed by atoms with van der Waals surface area (Å²) >= 11 is 0. The minimum Gasteiger partial charge on any atom is -0.460 e. The summed E-state index contributed by atoms with van der Waals surface area (Å²) in [5.41, 5.74) is 1.98. The van der Waals surface area contributed by atoms with Gasteiger partial charge in [0.2, 0.25) is 0 Å². The number of nitrogens with one attached hydrogen (secondary N) is 2. The molecule has 1 aromatic carbocycles. The van der Waals surface area contributed by atoms with Gasteiger partial charge in [-0.1, -0.05) is 18.2 Å². The Labute approximate surface area is 164 Å². The maximum atomic E-state index is 12.9. The number of carbonyl (C=O) groups is 1. The molecule has 4 rings (SSSR count). The number of hydrogen-bond donors (Lipinski definition) is 2. The van der Waals surface area contributed by atoms with Crippen LogP contribution >= 0.6 is 12.4 Å². The molecular weight excluding hydrogens is 364 g/mol. The monoisotopic (exact) mass is 386 g/mol. The van der Waals surface area contributed by atoms with Gasteiger partial charge in [-0.3, -0.25) is 4.79 Å². The zero-order chi connectivity index (χ0) is 17.9. The Morgan fingerprint density at radius 2 is 2.07 bits per heavy atom. The largest absolute Gasteiger partial charge is 0.460 e. The lowest BCUT2D eigenvalue weighted by molar-refractivity contribution is 0.0931. The van der Waals surface area contributed by atoms with Gasteiger partial charge in [-0.25, -0.2) is 4.68 Å². The van der Waals surface area contributed by atoms with Crippen molar-refractivity contribution in [2.45, 2.75) is 25.8 Å². The van der Waals surface area contributed by atoms with Crippen LogP contribution in [0.15, 0.2) is 53.1 Å². The van der Waals surface area contributed by atoms with Gasteiger partial charge in [0.15, 0.2) is 5.76 Å². The van der Waals surface area contributed by atoms with Gasteiger partial charge in [0.25, 0.3) is 5.91 Å². The lowest BCUT2D eigenvalue weighted by Crippen LogP contribution is -2.45. The number of aryl methyl sites for hydroxylation is 1. The Kier molecular flexibility index (Phi) is 5.98. The summed E-state index contributed by atoms with van der Waals surface area (Å²) in [5.74, 6) is 1.27. The van der Waals surface area contributed by atoms with Gasteiger partial charge in [-0.05, 0) is 50.6 Å². The maximum Gasteiger partial charge on any atom is 0.255 e. The van der Waals surface area contributed by atoms with E-state index in [1.807, 2.05) is 49.4 Å². The fraction of sp³-hybridized carbons (Fsp3) is 0.300. The number of piperidine rings is 1. The third kappa shape index (κ3) is 4.23. The highest BCUT2D eigenvalue weighted by Crippen LogP contribution is 2.26. The van der Waals surface area contributed by atoms with Crippen molar-refractivity contribution >= 4 is 18.3 Å². The summed E-state index contributed by atoms with van der Waals surface area (Å²) in [4.78, 5) is 12.9. The topological polar surface area (TPSA) is 72.1 Å². The van der Waals surface area contributed by atoms with Crippen molar-refractivity contribution in [1.82, 2.24) is 20.4 Å². The number of hydrogen-bond acceptors (Lipinski definition) is 4. The Morgan fingerprint density at radius 3 is 2.74 bits per heavy atom. The zero-order valence-corrected chi connectivity index (χ0v) is 16.0. The van der Waals surface area contributed by atoms with Crippen molar-refractivity contribution in [3.63, 3.8) is 0 Å². The molecule has 6 nitrogen and oxygen atoms in total. The summed E-state index contributed by atoms with van der Waals surface area (Å²) in [6, 6.07) is 13.6. The van der Waals surface area contributed by atoms with Gasteiger partial charge in [0.1, 0.15) is 11.5 Å². The fourth-order valence-corrected chi connectivity index (χ4v) is 3.24. The number of rotatable bonds is 4. The van der Waals surface area contributed by atoms with Crippen LogP contribution in [0.4, 0.5) is 0 Å². The second-order valence-electron chi connectivity index (χ2n) is 6.60. The van der Waals surface area contributed by atoms with Crippen LogP contribution in [0, 0.1) is 6.92 Å². The predicted molar refractivity (Wildman–Crippen MR) is 107 cm³/mol. The number of para-hydroxylation sites is 1. The average molecular weight is 387 g/mol. The van der Waals surface area contributed by atoms with Crippen LogP contribution in [0.2, 0.25) is 0 Å². The summed E-state index contributed by atoms with van der Waals surface area (Å²) in [6.07, 6.45) is 3.83. The summed E-state index contributed by atoms with van der Waals surface area (Å²) < 4.78 is 7.45. The molecule has 0 spiro atoms. The first-order valence-corrected chi connectivity index (χ1v) is 8.94. The standard InChI is InChI=1S/C20H22N4O2.ClH/c1-14-9-10-18(26-14)19-17(20(25)22-15-6-5-11-21-12-15)13-24(23-19)16-7-3-2-4-8-16;/h2-4,7-10,13,15,21H,5-6,11-12H2,1H3,(H,22,25);1H/t15-;/m0./s1. The molecule has 3 heterocycles. The van der Waals surface area contributed by atoms with Crippen LogP contribution < -0.4 is 10.6 Å². The normalized spacial score (nSPS) is 16.6. The lowest BCUT2D eigenvalue weighted by atomic mass is 10.1. The van der Waals surface area contributed by atoms with Gasteiger partial charge >= 0.3 is 0 Å². The number of halogens is 1. The van der Waals surface area contributed by atoms with E-state index in [1.165, 1.54) is 0 Å². The second-order valence-corrected chi connectivity index (χ2v) is 6.60. The van der Waals surface area contributed by atoms with Crippen LogP contribution in [0.5, 0.6) is 0 Å². The highest BCUT2D eigenvalue weighted by molar-refractivity contribution is 5.99. The molecular formula is C20H23ClN4O2. The number of carbonyl (C=O) groups excluding carboxylic acids is 1. The van der Waals surface area contributed by atoms with Crippen molar-refractivity contribution in [2.75, 3.05) is 13.1 Å². The van der Waals surface area contributed by atoms with Crippen LogP contribution in [0.1, 0.15) is 29.0 Å². The Hall–Kier alpha value is -2.57. The van der Waals surface area contributed by atoms with Crippen LogP contribution in [-0.2, 0) is 0 Å². The number of nitrogens with zero attached hydrogens (tertiary/aromatic N) is 2. The summed E-state index contributed by atoms with van der Waals surface area (Å²) in [7, 11) is 0. The molecule has 1 fully saturated rings. The highest BCUT2D eigenvalue weighted by Gasteiger charge is 2.23. The van der Waals surface area contributed by atoms with E-state index in [-0.39, 0.29) is 24.4 Å². The third-order valence-corrected chi connectivity index (χ3v) is 4.59. The average Bonchev–Trinajstić information content (AvgIpc) is 3.30. The Balaban J connectivity index is 0.00000210. The molecule has 0 saturated carbocycles. The van der Waals surface area contributed by atoms with E-state index in [2.05, 4.69) is 15.7 Å². The minimum atomic E-state index is -0.120. The number of benzene rings is 1. The lowest BCUT2D eigenvalue weighted by Gasteiger charge is -2.23. The first kappa shape index (κ1) is 19.2. The number of aromatic nitrogens is 2. The molecule has 1 saturated heterocycles. The van der Waals surface area contributed by atoms with Crippen molar-refractivity contribution < 1.29 is 9.21 Å². The van der Waals surface area contributed by atoms with Gasteiger partial charge in [-0.2, -0.15) is 5.10 Å². The van der Waals surface area contributed by atoms with Gasteiger partial charge in [0, 0.05) is 18.8 Å². The SMILES string of the molecule is Cc1ccc(-c2nn(-c3ccccc3)cc2C(=O)N[C@H]2CCCNC2)o1.Cl. The van der Waals surface area contributed by atoms with Gasteiger partial charge < -0.3 is 15.1 Å². The molecule has 0 radical (unpaired) electrons. The summed E-state index contributed by atoms with van der Waals surface area (Å²) in [6.45, 7) is 3.69. The molecule has 2 aromatic heterocycles. The van der Waals surface area contributed by atoms with Gasteiger partial charge in [-0.15, -0.1) is 12.4 Å². The van der Waals surface area contributed by atoms with Gasteiger partial charge in [0.05, 0.1) is 11.3 Å². The predicted octanol–water partition coefficient (Wildman–Crippen LogP) is 3.34. The highest BCUT2D eigenvalue weighted by atomic mass is 35.5. The quantitative estimate of drug-likeness (QED) is 0.721. The number of amides is 1. The maximum absolute atomic E-state index is 12.9. The van der Waals surface area contributed by atoms with Crippen molar-refractivity contribution in [2.24, 2.45) is 0 Å². The van der Waals surface area contributed by atoms with E-state index >= 15 is 0 Å². The molecule has 142 valence electrons. The fourth-order valence-electron chi connectivity index (χ4n) is 3.24. The van der Waals surface area contributed by atoms with E-state index in [4.69, 9.17) is 4.42 Å². The molecule has 1 atom stereocenters. The third-order valence-electron chi connectivity index (χ3n) is 4.59. The molecule has 0 unspecified atom stereocenters. The molecule has 2 N–H and O–H groups in total. The molecule has 1 aliphatic rings. The van der Waals surface area contributed by atoms with E-state index in [0.29, 0.717) is 17.0 Å². The van der Waals surface area contributed by atoms with Crippen molar-refractivity contribution in [3.8, 4) is 17.1 Å². The minimum absolute atomic E-state index is 0. The number of furan rings is 1. The molecule has 0 bridgehead atoms. The summed E-state index contributed by atoms with van der Waals surface area (Å²) in [5, 5.41) is 11.1. The van der Waals surface area contributed by atoms with E-state index in [9.17, 15) is 4.79 Å². The smallest absolute Gasteiger partial charge is 0.255 e. The first-order valence-electron chi connectivity index (χ1n) is 8.94. The molecule has 27 heavy (non-hydrogen) atoms. The van der Waals surface area contributed by atoms with Crippen LogP contribution in [0.25, 0.3) is 17.1 Å². The van der Waals surface area contributed by atoms with Crippen LogP contribution in [-0.4, -0.2) is 34.8 Å². The van der Waals surface area contributed by atoms with Crippen LogP contribution in [0.3, 0.4) is 0 Å². The zero-order valence-electron chi connectivity index (χ0n) is 15.1. The molecule has 3 aromatic rings. The second kappa shape index (κ2) is 8.41.